The molecule has 2 N–H and O–H groups in total. The Morgan fingerprint density at radius 2 is 1.82 bits per heavy atom. The van der Waals surface area contributed by atoms with Crippen molar-refractivity contribution in [1.29, 1.82) is 0 Å². The zero-order valence-electron chi connectivity index (χ0n) is 17.4. The van der Waals surface area contributed by atoms with Crippen LogP contribution in [0.1, 0.15) is 21.5 Å². The van der Waals surface area contributed by atoms with Crippen LogP contribution < -0.4 is 25.0 Å². The number of nitrogens with one attached hydrogen (secondary N) is 2. The quantitative estimate of drug-likeness (QED) is 0.356. The first-order valence-electron chi connectivity index (χ1n) is 10.0. The first-order valence-corrected chi connectivity index (χ1v) is 10.8. The number of amides is 2. The number of benzene rings is 3. The summed E-state index contributed by atoms with van der Waals surface area (Å²) in [5.74, 6) is 0.847. The van der Waals surface area contributed by atoms with Gasteiger partial charge in [-0.1, -0.05) is 40.2 Å². The molecule has 1 aliphatic rings. The molecular weight excluding hydrogens is 490 g/mol. The Kier molecular flexibility index (Phi) is 7.21. The van der Waals surface area contributed by atoms with Crippen LogP contribution in [0.2, 0.25) is 0 Å². The molecule has 3 aromatic rings. The Labute approximate surface area is 198 Å². The summed E-state index contributed by atoms with van der Waals surface area (Å²) in [6.07, 6.45) is 1.49. The molecule has 168 valence electrons. The predicted octanol–water partition coefficient (Wildman–Crippen LogP) is 3.64. The van der Waals surface area contributed by atoms with Crippen LogP contribution in [0, 0.1) is 0 Å². The first-order chi connectivity index (χ1) is 16.1. The molecule has 1 aliphatic heterocycles. The molecule has 0 bridgehead atoms. The third-order valence-electron chi connectivity index (χ3n) is 4.66. The Morgan fingerprint density at radius 1 is 1.03 bits per heavy atom. The lowest BCUT2D eigenvalue weighted by molar-refractivity contribution is -0.120. The molecule has 33 heavy (non-hydrogen) atoms. The highest BCUT2D eigenvalue weighted by Crippen LogP contribution is 2.32. The number of carbonyl (C=O) groups excluding carboxylic acids is 2. The lowest BCUT2D eigenvalue weighted by Gasteiger charge is -2.09. The monoisotopic (exact) mass is 509 g/mol. The van der Waals surface area contributed by atoms with Crippen LogP contribution in [0.15, 0.2) is 76.3 Å². The van der Waals surface area contributed by atoms with Crippen molar-refractivity contribution in [2.75, 3.05) is 13.3 Å². The van der Waals surface area contributed by atoms with Gasteiger partial charge in [0.05, 0.1) is 12.8 Å². The lowest BCUT2D eigenvalue weighted by Crippen LogP contribution is -2.34. The van der Waals surface area contributed by atoms with Crippen LogP contribution >= 0.6 is 15.9 Å². The summed E-state index contributed by atoms with van der Waals surface area (Å²) in [7, 11) is 0. The van der Waals surface area contributed by atoms with E-state index in [0.29, 0.717) is 35.0 Å². The number of rotatable bonds is 8. The summed E-state index contributed by atoms with van der Waals surface area (Å²) in [5.41, 5.74) is 4.50. The summed E-state index contributed by atoms with van der Waals surface area (Å²) in [6, 6.07) is 20.0. The van der Waals surface area contributed by atoms with E-state index in [1.165, 1.54) is 6.21 Å². The van der Waals surface area contributed by atoms with E-state index in [1.54, 1.807) is 18.2 Å². The summed E-state index contributed by atoms with van der Waals surface area (Å²) < 4.78 is 17.4. The normalized spacial score (nSPS) is 11.9. The van der Waals surface area contributed by atoms with Crippen LogP contribution in [-0.2, 0) is 11.4 Å². The van der Waals surface area contributed by atoms with Crippen LogP contribution in [0.3, 0.4) is 0 Å². The molecule has 0 radical (unpaired) electrons. The van der Waals surface area contributed by atoms with Gasteiger partial charge in [-0.15, -0.1) is 0 Å². The number of hydrogen-bond donors (Lipinski definition) is 2. The maximum absolute atomic E-state index is 12.3. The molecule has 8 nitrogen and oxygen atoms in total. The maximum atomic E-state index is 12.3. The number of hydrazone groups is 1. The van der Waals surface area contributed by atoms with Crippen LogP contribution in [0.4, 0.5) is 0 Å². The van der Waals surface area contributed by atoms with E-state index in [0.717, 1.165) is 10.0 Å². The van der Waals surface area contributed by atoms with Crippen molar-refractivity contribution < 1.29 is 23.8 Å². The highest BCUT2D eigenvalue weighted by Gasteiger charge is 2.16. The summed E-state index contributed by atoms with van der Waals surface area (Å²) >= 11 is 3.41. The molecule has 0 saturated heterocycles. The van der Waals surface area contributed by atoms with Gasteiger partial charge >= 0.3 is 0 Å². The van der Waals surface area contributed by atoms with Gasteiger partial charge in [0.2, 0.25) is 6.79 Å². The number of halogens is 1. The zero-order valence-corrected chi connectivity index (χ0v) is 19.0. The molecule has 4 rings (SSSR count). The Bertz CT molecular complexity index is 1180. The lowest BCUT2D eigenvalue weighted by atomic mass is 10.2. The zero-order chi connectivity index (χ0) is 23.0. The SMILES string of the molecule is O=C(CNC(=O)c1ccc2c(c1)OCO2)N/N=C\c1ccccc1OCc1ccc(Br)cc1. The van der Waals surface area contributed by atoms with Gasteiger partial charge in [0.15, 0.2) is 11.5 Å². The van der Waals surface area contributed by atoms with Crippen LogP contribution in [0.25, 0.3) is 0 Å². The fourth-order valence-electron chi connectivity index (χ4n) is 2.97. The van der Waals surface area contributed by atoms with Gasteiger partial charge in [-0.05, 0) is 48.0 Å². The van der Waals surface area contributed by atoms with E-state index < -0.39 is 11.8 Å². The molecule has 9 heteroatoms. The minimum absolute atomic E-state index is 0.124. The Hall–Kier alpha value is -3.85. The van der Waals surface area contributed by atoms with Gasteiger partial charge in [-0.25, -0.2) is 5.43 Å². The topological polar surface area (TPSA) is 98.3 Å². The minimum atomic E-state index is -0.464. The molecule has 0 saturated carbocycles. The smallest absolute Gasteiger partial charge is 0.259 e. The third kappa shape index (κ3) is 6.11. The second kappa shape index (κ2) is 10.6. The van der Waals surface area contributed by atoms with Crippen molar-refractivity contribution in [1.82, 2.24) is 10.7 Å². The molecule has 1 heterocycles. The van der Waals surface area contributed by atoms with Crippen LogP contribution in [0.5, 0.6) is 17.2 Å². The second-order valence-corrected chi connectivity index (χ2v) is 7.91. The van der Waals surface area contributed by atoms with E-state index in [1.807, 2.05) is 48.5 Å². The van der Waals surface area contributed by atoms with Crippen LogP contribution in [-0.4, -0.2) is 31.4 Å². The van der Waals surface area contributed by atoms with Gasteiger partial charge in [-0.3, -0.25) is 9.59 Å². The average Bonchev–Trinajstić information content (AvgIpc) is 3.31. The molecule has 2 amide bonds. The standard InChI is InChI=1S/C24H20BrN3O5/c25-19-8-5-16(6-9-19)14-31-20-4-2-1-3-18(20)12-27-28-23(29)13-26-24(30)17-7-10-21-22(11-17)33-15-32-21/h1-12H,13-15H2,(H,26,30)(H,28,29)/b27-12-. The molecule has 0 fully saturated rings. The highest BCUT2D eigenvalue weighted by molar-refractivity contribution is 9.10. The molecular formula is C24H20BrN3O5. The fraction of sp³-hybridized carbons (Fsp3) is 0.125. The van der Waals surface area contributed by atoms with Crippen molar-refractivity contribution >= 4 is 34.0 Å². The Balaban J connectivity index is 1.27. The number of carbonyl (C=O) groups is 2. The minimum Gasteiger partial charge on any atom is -0.488 e. The second-order valence-electron chi connectivity index (χ2n) is 7.00. The molecule has 0 unspecified atom stereocenters. The number of hydrogen-bond acceptors (Lipinski definition) is 6. The average molecular weight is 510 g/mol. The van der Waals surface area contributed by atoms with Crippen molar-refractivity contribution in [3.63, 3.8) is 0 Å². The molecule has 3 aromatic carbocycles. The van der Waals surface area contributed by atoms with Gasteiger partial charge in [0, 0.05) is 15.6 Å². The number of ether oxygens (including phenoxy) is 3. The van der Waals surface area contributed by atoms with Gasteiger partial charge < -0.3 is 19.5 Å². The largest absolute Gasteiger partial charge is 0.488 e. The molecule has 0 aliphatic carbocycles. The van der Waals surface area contributed by atoms with Crippen molar-refractivity contribution in [3.8, 4) is 17.2 Å². The maximum Gasteiger partial charge on any atom is 0.259 e. The van der Waals surface area contributed by atoms with Crippen molar-refractivity contribution in [2.24, 2.45) is 5.10 Å². The van der Waals surface area contributed by atoms with E-state index >= 15 is 0 Å². The Morgan fingerprint density at radius 3 is 2.67 bits per heavy atom. The van der Waals surface area contributed by atoms with E-state index in [-0.39, 0.29) is 13.3 Å². The number of nitrogens with zero attached hydrogens (tertiary/aromatic N) is 1. The molecule has 0 spiro atoms. The highest BCUT2D eigenvalue weighted by atomic mass is 79.9. The van der Waals surface area contributed by atoms with Crippen molar-refractivity contribution in [3.05, 3.63) is 87.9 Å². The third-order valence-corrected chi connectivity index (χ3v) is 5.19. The molecule has 0 aromatic heterocycles. The number of para-hydroxylation sites is 1. The first kappa shape index (κ1) is 22.3. The molecule has 0 atom stereocenters. The van der Waals surface area contributed by atoms with Gasteiger partial charge in [0.1, 0.15) is 12.4 Å². The van der Waals surface area contributed by atoms with Crippen molar-refractivity contribution in [2.45, 2.75) is 6.61 Å². The van der Waals surface area contributed by atoms with E-state index in [9.17, 15) is 9.59 Å². The number of fused-ring (bicyclic) bond motifs is 1. The van der Waals surface area contributed by atoms with E-state index in [4.69, 9.17) is 14.2 Å². The predicted molar refractivity (Wildman–Crippen MR) is 126 cm³/mol. The fourth-order valence-corrected chi connectivity index (χ4v) is 3.24. The van der Waals surface area contributed by atoms with Gasteiger partial charge in [-0.2, -0.15) is 5.10 Å². The van der Waals surface area contributed by atoms with E-state index in [2.05, 4.69) is 31.8 Å². The summed E-state index contributed by atoms with van der Waals surface area (Å²) in [4.78, 5) is 24.3. The van der Waals surface area contributed by atoms with Gasteiger partial charge in [0.25, 0.3) is 11.8 Å². The summed E-state index contributed by atoms with van der Waals surface area (Å²) in [5, 5.41) is 6.51. The summed E-state index contributed by atoms with van der Waals surface area (Å²) in [6.45, 7) is 0.294.